The Labute approximate surface area is 93.0 Å². The van der Waals surface area contributed by atoms with Crippen molar-refractivity contribution in [2.24, 2.45) is 4.99 Å². The molecule has 2 rings (SSSR count). The van der Waals surface area contributed by atoms with Gasteiger partial charge in [-0.3, -0.25) is 9.89 Å². The first-order valence-electron chi connectivity index (χ1n) is 5.01. The van der Waals surface area contributed by atoms with Crippen molar-refractivity contribution in [3.8, 4) is 0 Å². The Hall–Kier alpha value is -0.190. The van der Waals surface area contributed by atoms with E-state index in [9.17, 15) is 0 Å². The molecule has 0 bridgehead atoms. The molecule has 4 heteroatoms. The van der Waals surface area contributed by atoms with Crippen LogP contribution in [0.15, 0.2) is 16.6 Å². The van der Waals surface area contributed by atoms with E-state index in [-0.39, 0.29) is 4.95 Å². The van der Waals surface area contributed by atoms with Crippen LogP contribution in [0, 0.1) is 0 Å². The summed E-state index contributed by atoms with van der Waals surface area (Å²) in [5.74, 6) is 0. The highest BCUT2D eigenvalue weighted by molar-refractivity contribution is 9.09. The molecule has 0 aromatic heterocycles. The highest BCUT2D eigenvalue weighted by Crippen LogP contribution is 2.14. The van der Waals surface area contributed by atoms with Crippen LogP contribution in [0.3, 0.4) is 0 Å². The molecule has 2 aliphatic rings. The minimum atomic E-state index is 0.288. The van der Waals surface area contributed by atoms with Crippen LogP contribution in [0.4, 0.5) is 0 Å². The third kappa shape index (κ3) is 2.90. The Morgan fingerprint density at radius 1 is 1.50 bits per heavy atom. The Morgan fingerprint density at radius 3 is 2.93 bits per heavy atom. The summed E-state index contributed by atoms with van der Waals surface area (Å²) < 4.78 is 5.30. The van der Waals surface area contributed by atoms with Gasteiger partial charge in [-0.2, -0.15) is 0 Å². The number of dihydropyridines is 1. The lowest BCUT2D eigenvalue weighted by molar-refractivity contribution is 0.0428. The van der Waals surface area contributed by atoms with E-state index in [0.717, 1.165) is 39.3 Å². The maximum Gasteiger partial charge on any atom is 0.108 e. The van der Waals surface area contributed by atoms with Crippen LogP contribution in [0.1, 0.15) is 6.42 Å². The van der Waals surface area contributed by atoms with Crippen molar-refractivity contribution in [3.05, 3.63) is 11.6 Å². The molecule has 1 unspecified atom stereocenters. The number of nitrogens with zero attached hydrogens (tertiary/aromatic N) is 2. The second kappa shape index (κ2) is 5.05. The standard InChI is InChI=1S/C10H15BrN2O/c11-10-2-1-9(7-12-10)8-13-3-5-14-6-4-13/h1,7,10H,2-6,8H2. The van der Waals surface area contributed by atoms with Crippen molar-refractivity contribution in [1.82, 2.24) is 4.90 Å². The van der Waals surface area contributed by atoms with Gasteiger partial charge in [-0.05, 0) is 12.0 Å². The van der Waals surface area contributed by atoms with Gasteiger partial charge in [0.25, 0.3) is 0 Å². The summed E-state index contributed by atoms with van der Waals surface area (Å²) in [6.45, 7) is 4.84. The average molecular weight is 259 g/mol. The lowest BCUT2D eigenvalue weighted by Crippen LogP contribution is -2.37. The van der Waals surface area contributed by atoms with Crippen molar-refractivity contribution in [2.45, 2.75) is 11.4 Å². The number of aliphatic imine (C=N–C) groups is 1. The Balaban J connectivity index is 1.82. The van der Waals surface area contributed by atoms with Gasteiger partial charge in [0.05, 0.1) is 13.2 Å². The van der Waals surface area contributed by atoms with Crippen molar-refractivity contribution < 1.29 is 4.74 Å². The molecule has 2 heterocycles. The molecule has 3 nitrogen and oxygen atoms in total. The third-order valence-electron chi connectivity index (χ3n) is 2.49. The summed E-state index contributed by atoms with van der Waals surface area (Å²) in [6.07, 6.45) is 5.26. The van der Waals surface area contributed by atoms with Crippen LogP contribution in [0.5, 0.6) is 0 Å². The fraction of sp³-hybridized carbons (Fsp3) is 0.700. The molecule has 0 aromatic carbocycles. The first-order chi connectivity index (χ1) is 6.84. The fourth-order valence-corrected chi connectivity index (χ4v) is 1.97. The molecule has 1 saturated heterocycles. The maximum atomic E-state index is 5.30. The van der Waals surface area contributed by atoms with E-state index in [0.29, 0.717) is 0 Å². The molecular weight excluding hydrogens is 244 g/mol. The van der Waals surface area contributed by atoms with Gasteiger partial charge in [-0.15, -0.1) is 0 Å². The van der Waals surface area contributed by atoms with E-state index < -0.39 is 0 Å². The van der Waals surface area contributed by atoms with Gasteiger partial charge >= 0.3 is 0 Å². The first kappa shape index (κ1) is 10.3. The molecular formula is C10H15BrN2O. The minimum Gasteiger partial charge on any atom is -0.379 e. The highest BCUT2D eigenvalue weighted by Gasteiger charge is 2.13. The van der Waals surface area contributed by atoms with E-state index in [2.05, 4.69) is 31.9 Å². The van der Waals surface area contributed by atoms with E-state index in [1.807, 2.05) is 6.21 Å². The molecule has 78 valence electrons. The first-order valence-corrected chi connectivity index (χ1v) is 5.92. The van der Waals surface area contributed by atoms with Crippen LogP contribution in [0.25, 0.3) is 0 Å². The lowest BCUT2D eigenvalue weighted by atomic mass is 10.2. The monoisotopic (exact) mass is 258 g/mol. The number of halogens is 1. The van der Waals surface area contributed by atoms with Crippen LogP contribution >= 0.6 is 15.9 Å². The zero-order valence-corrected chi connectivity index (χ0v) is 9.74. The molecule has 2 aliphatic heterocycles. The number of hydrogen-bond acceptors (Lipinski definition) is 3. The smallest absolute Gasteiger partial charge is 0.108 e. The average Bonchev–Trinajstić information content (AvgIpc) is 2.23. The van der Waals surface area contributed by atoms with Gasteiger partial charge in [0.1, 0.15) is 4.95 Å². The Morgan fingerprint density at radius 2 is 2.29 bits per heavy atom. The van der Waals surface area contributed by atoms with Crippen molar-refractivity contribution in [3.63, 3.8) is 0 Å². The number of alkyl halides is 1. The van der Waals surface area contributed by atoms with Gasteiger partial charge in [-0.25, -0.2) is 0 Å². The van der Waals surface area contributed by atoms with Gasteiger partial charge in [0.15, 0.2) is 0 Å². The molecule has 0 N–H and O–H groups in total. The predicted octanol–water partition coefficient (Wildman–Crippen LogP) is 1.44. The largest absolute Gasteiger partial charge is 0.379 e. The van der Waals surface area contributed by atoms with Crippen molar-refractivity contribution >= 4 is 22.1 Å². The summed E-state index contributed by atoms with van der Waals surface area (Å²) in [4.78, 5) is 7.04. The summed E-state index contributed by atoms with van der Waals surface area (Å²) in [5, 5.41) is 0. The molecule has 0 radical (unpaired) electrons. The second-order valence-corrected chi connectivity index (χ2v) is 4.67. The topological polar surface area (TPSA) is 24.8 Å². The summed E-state index contributed by atoms with van der Waals surface area (Å²) in [6, 6.07) is 0. The quantitative estimate of drug-likeness (QED) is 0.553. The van der Waals surface area contributed by atoms with Gasteiger partial charge < -0.3 is 4.74 Å². The van der Waals surface area contributed by atoms with Crippen LogP contribution in [-0.4, -0.2) is 48.9 Å². The zero-order chi connectivity index (χ0) is 9.80. The SMILES string of the molecule is BrC1CC=C(CN2CCOCC2)C=N1. The zero-order valence-electron chi connectivity index (χ0n) is 8.16. The number of rotatable bonds is 2. The van der Waals surface area contributed by atoms with E-state index in [1.165, 1.54) is 5.57 Å². The Bertz CT molecular complexity index is 247. The van der Waals surface area contributed by atoms with E-state index >= 15 is 0 Å². The normalized spacial score (nSPS) is 28.9. The van der Waals surface area contributed by atoms with Gasteiger partial charge in [-0.1, -0.05) is 22.0 Å². The minimum absolute atomic E-state index is 0.288. The van der Waals surface area contributed by atoms with Crippen LogP contribution in [-0.2, 0) is 4.74 Å². The van der Waals surface area contributed by atoms with E-state index in [1.54, 1.807) is 0 Å². The number of hydrogen-bond donors (Lipinski definition) is 0. The summed E-state index contributed by atoms with van der Waals surface area (Å²) in [5.41, 5.74) is 1.34. The molecule has 0 spiro atoms. The lowest BCUT2D eigenvalue weighted by Gasteiger charge is -2.27. The third-order valence-corrected chi connectivity index (χ3v) is 3.10. The summed E-state index contributed by atoms with van der Waals surface area (Å²) >= 11 is 3.46. The van der Waals surface area contributed by atoms with Crippen molar-refractivity contribution in [2.75, 3.05) is 32.8 Å². The van der Waals surface area contributed by atoms with Gasteiger partial charge in [0.2, 0.25) is 0 Å². The van der Waals surface area contributed by atoms with Crippen LogP contribution < -0.4 is 0 Å². The van der Waals surface area contributed by atoms with E-state index in [4.69, 9.17) is 4.74 Å². The molecule has 1 atom stereocenters. The number of morpholine rings is 1. The van der Waals surface area contributed by atoms with Crippen molar-refractivity contribution in [1.29, 1.82) is 0 Å². The molecule has 14 heavy (non-hydrogen) atoms. The Kier molecular flexibility index (Phi) is 3.73. The predicted molar refractivity (Wildman–Crippen MR) is 61.2 cm³/mol. The molecule has 0 aromatic rings. The van der Waals surface area contributed by atoms with Crippen LogP contribution in [0.2, 0.25) is 0 Å². The molecule has 0 aliphatic carbocycles. The maximum absolute atomic E-state index is 5.30. The number of ether oxygens (including phenoxy) is 1. The summed E-state index contributed by atoms with van der Waals surface area (Å²) in [7, 11) is 0. The highest BCUT2D eigenvalue weighted by atomic mass is 79.9. The molecule has 0 amide bonds. The molecule has 0 saturated carbocycles. The fourth-order valence-electron chi connectivity index (χ4n) is 1.66. The van der Waals surface area contributed by atoms with Gasteiger partial charge in [0, 0.05) is 25.8 Å². The second-order valence-electron chi connectivity index (χ2n) is 3.62. The molecule has 1 fully saturated rings.